The van der Waals surface area contributed by atoms with Crippen molar-refractivity contribution in [3.8, 4) is 0 Å². The monoisotopic (exact) mass is 293 g/mol. The summed E-state index contributed by atoms with van der Waals surface area (Å²) in [6.45, 7) is 0. The van der Waals surface area contributed by atoms with E-state index in [2.05, 4.69) is 15.8 Å². The molecule has 0 aromatic heterocycles. The fraction of sp³-hybridized carbons (Fsp3) is 0.417. The molecule has 9 nitrogen and oxygen atoms in total. The van der Waals surface area contributed by atoms with Crippen LogP contribution >= 0.6 is 0 Å². The maximum atomic E-state index is 11.9. The van der Waals surface area contributed by atoms with E-state index in [-0.39, 0.29) is 5.69 Å². The van der Waals surface area contributed by atoms with Crippen molar-refractivity contribution in [1.82, 2.24) is 0 Å². The van der Waals surface area contributed by atoms with Crippen LogP contribution in [0, 0.1) is 15.3 Å². The number of non-ortho nitro benzene ring substituents is 1. The average Bonchev–Trinajstić information content (AvgIpc) is 2.52. The minimum atomic E-state index is -0.575. The maximum Gasteiger partial charge on any atom is 0.269 e. The Morgan fingerprint density at radius 2 is 1.95 bits per heavy atom. The molecule has 0 bridgehead atoms. The maximum absolute atomic E-state index is 11.9. The topological polar surface area (TPSA) is 126 Å². The van der Waals surface area contributed by atoms with Crippen LogP contribution in [0.25, 0.3) is 0 Å². The number of hydrogen-bond donors (Lipinski definition) is 2. The Kier molecular flexibility index (Phi) is 4.64. The van der Waals surface area contributed by atoms with Gasteiger partial charge in [-0.15, -0.1) is 5.43 Å². The summed E-state index contributed by atoms with van der Waals surface area (Å²) < 4.78 is 0. The third-order valence-electron chi connectivity index (χ3n) is 3.30. The molecule has 0 unspecified atom stereocenters. The fourth-order valence-electron chi connectivity index (χ4n) is 2.17. The van der Waals surface area contributed by atoms with Gasteiger partial charge >= 0.3 is 0 Å². The van der Waals surface area contributed by atoms with Crippen molar-refractivity contribution in [3.63, 3.8) is 0 Å². The van der Waals surface area contributed by atoms with Crippen molar-refractivity contribution in [2.45, 2.75) is 31.7 Å². The highest BCUT2D eigenvalue weighted by Crippen LogP contribution is 2.19. The lowest BCUT2D eigenvalue weighted by molar-refractivity contribution is -0.551. The molecule has 0 amide bonds. The predicted octanol–water partition coefficient (Wildman–Crippen LogP) is 2.66. The molecule has 0 radical (unpaired) electrons. The highest BCUT2D eigenvalue weighted by molar-refractivity contribution is 5.88. The van der Waals surface area contributed by atoms with Crippen LogP contribution in [0.1, 0.15) is 25.7 Å². The van der Waals surface area contributed by atoms with Crippen molar-refractivity contribution in [3.05, 3.63) is 39.6 Å². The second-order valence-electron chi connectivity index (χ2n) is 4.67. The van der Waals surface area contributed by atoms with Crippen molar-refractivity contribution in [2.24, 2.45) is 10.4 Å². The van der Waals surface area contributed by atoms with Crippen LogP contribution in [0.15, 0.2) is 34.6 Å². The van der Waals surface area contributed by atoms with Crippen LogP contribution in [0.4, 0.5) is 11.4 Å². The van der Waals surface area contributed by atoms with Gasteiger partial charge in [0.2, 0.25) is 0 Å². The number of anilines is 1. The van der Waals surface area contributed by atoms with Crippen molar-refractivity contribution < 1.29 is 15.0 Å². The molecule has 2 rings (SSSR count). The first kappa shape index (κ1) is 14.7. The van der Waals surface area contributed by atoms with Gasteiger partial charge in [-0.1, -0.05) is 5.16 Å². The molecule has 1 aliphatic carbocycles. The molecule has 1 aromatic rings. The van der Waals surface area contributed by atoms with E-state index in [1.165, 1.54) is 24.3 Å². The number of nitro groups is 1. The zero-order valence-electron chi connectivity index (χ0n) is 11.2. The molecule has 0 aliphatic heterocycles. The molecule has 1 aromatic carbocycles. The van der Waals surface area contributed by atoms with E-state index in [0.717, 1.165) is 12.8 Å². The summed E-state index contributed by atoms with van der Waals surface area (Å²) in [7, 11) is 0. The summed E-state index contributed by atoms with van der Waals surface area (Å²) in [6.07, 6.45) is 2.91. The molecule has 112 valence electrons. The molecular weight excluding hydrogens is 278 g/mol. The number of hydrogen-bond acceptors (Lipinski definition) is 6. The number of hydroxylamine groups is 1. The fourth-order valence-corrected chi connectivity index (χ4v) is 2.17. The number of oxime groups is 1. The van der Waals surface area contributed by atoms with E-state index in [4.69, 9.17) is 5.21 Å². The van der Waals surface area contributed by atoms with Crippen LogP contribution in [-0.4, -0.2) is 26.7 Å². The van der Waals surface area contributed by atoms with Gasteiger partial charge in [-0.2, -0.15) is 4.86 Å². The number of nitro benzene ring substituents is 1. The lowest BCUT2D eigenvalue weighted by Crippen LogP contribution is -2.33. The zero-order valence-corrected chi connectivity index (χ0v) is 11.2. The summed E-state index contributed by atoms with van der Waals surface area (Å²) in [5, 5.41) is 38.1. The van der Waals surface area contributed by atoms with Crippen LogP contribution in [0.5, 0.6) is 0 Å². The second-order valence-corrected chi connectivity index (χ2v) is 4.67. The van der Waals surface area contributed by atoms with Crippen molar-refractivity contribution in [2.75, 3.05) is 5.43 Å². The van der Waals surface area contributed by atoms with Gasteiger partial charge in [0.25, 0.3) is 5.69 Å². The van der Waals surface area contributed by atoms with E-state index in [0.29, 0.717) is 29.1 Å². The zero-order chi connectivity index (χ0) is 15.2. The smallest absolute Gasteiger partial charge is 0.269 e. The summed E-state index contributed by atoms with van der Waals surface area (Å²) in [5.41, 5.74) is 3.37. The van der Waals surface area contributed by atoms with Gasteiger partial charge in [0.15, 0.2) is 6.04 Å². The Hall–Kier alpha value is -2.71. The molecule has 1 saturated carbocycles. The van der Waals surface area contributed by atoms with Crippen molar-refractivity contribution in [1.29, 1.82) is 0 Å². The molecule has 1 aliphatic rings. The molecular formula is C12H15N5O4. The molecule has 21 heavy (non-hydrogen) atoms. The summed E-state index contributed by atoms with van der Waals surface area (Å²) in [4.78, 5) is 10.5. The predicted molar refractivity (Wildman–Crippen MR) is 74.3 cm³/mol. The van der Waals surface area contributed by atoms with E-state index in [1.807, 2.05) is 0 Å². The van der Waals surface area contributed by atoms with Gasteiger partial charge in [-0.25, -0.2) is 0 Å². The molecule has 1 fully saturated rings. The van der Waals surface area contributed by atoms with Crippen LogP contribution in [-0.2, 0) is 0 Å². The van der Waals surface area contributed by atoms with Crippen LogP contribution in [0.2, 0.25) is 0 Å². The van der Waals surface area contributed by atoms with Gasteiger partial charge in [0, 0.05) is 12.1 Å². The Labute approximate surface area is 120 Å². The SMILES string of the molecule is O=[N+]([O-])c1ccc(N/N=[N+](\[O-])[C@@H]2CCCC/C2=N/O)cc1. The highest BCUT2D eigenvalue weighted by Gasteiger charge is 2.25. The third-order valence-corrected chi connectivity index (χ3v) is 3.30. The summed E-state index contributed by atoms with van der Waals surface area (Å²) in [5.74, 6) is 0. The Balaban J connectivity index is 2.04. The molecule has 2 N–H and O–H groups in total. The Bertz CT molecular complexity index is 570. The highest BCUT2D eigenvalue weighted by atomic mass is 16.6. The average molecular weight is 293 g/mol. The number of benzene rings is 1. The molecule has 0 spiro atoms. The molecule has 0 heterocycles. The van der Waals surface area contributed by atoms with E-state index in [9.17, 15) is 15.3 Å². The third kappa shape index (κ3) is 3.65. The number of rotatable bonds is 4. The summed E-state index contributed by atoms with van der Waals surface area (Å²) in [6, 6.07) is 4.96. The molecule has 9 heteroatoms. The largest absolute Gasteiger partial charge is 0.695 e. The van der Waals surface area contributed by atoms with Crippen LogP contribution < -0.4 is 5.43 Å². The Morgan fingerprint density at radius 3 is 2.57 bits per heavy atom. The first-order chi connectivity index (χ1) is 10.1. The van der Waals surface area contributed by atoms with E-state index >= 15 is 0 Å². The van der Waals surface area contributed by atoms with E-state index < -0.39 is 11.0 Å². The van der Waals surface area contributed by atoms with Gasteiger partial charge < -0.3 is 10.4 Å². The second kappa shape index (κ2) is 6.64. The first-order valence-corrected chi connectivity index (χ1v) is 6.50. The van der Waals surface area contributed by atoms with Gasteiger partial charge in [-0.05, 0) is 37.8 Å². The minimum Gasteiger partial charge on any atom is -0.695 e. The lowest BCUT2D eigenvalue weighted by Gasteiger charge is -2.23. The molecule has 0 saturated heterocycles. The normalized spacial score (nSPS) is 21.2. The standard InChI is InChI=1S/C12H15N5O4/c18-14-11-3-1-2-4-12(11)16(19)15-13-9-5-7-10(8-6-9)17(20)21/h5-8,12-13,18H,1-4H2/b14-11-,16-15-/t12-/m1/s1. The number of nitrogens with zero attached hydrogens (tertiary/aromatic N) is 4. The molecule has 1 atom stereocenters. The minimum absolute atomic E-state index is 0.0403. The number of nitrogens with one attached hydrogen (secondary N) is 1. The lowest BCUT2D eigenvalue weighted by atomic mass is 9.94. The first-order valence-electron chi connectivity index (χ1n) is 6.50. The van der Waals surface area contributed by atoms with Gasteiger partial charge in [0.1, 0.15) is 11.4 Å². The Morgan fingerprint density at radius 1 is 1.24 bits per heavy atom. The van der Waals surface area contributed by atoms with Crippen LogP contribution in [0.3, 0.4) is 0 Å². The van der Waals surface area contributed by atoms with Crippen molar-refractivity contribution >= 4 is 17.1 Å². The quantitative estimate of drug-likeness (QED) is 0.290. The van der Waals surface area contributed by atoms with Gasteiger partial charge in [0.05, 0.1) is 10.1 Å². The van der Waals surface area contributed by atoms with Gasteiger partial charge in [-0.3, -0.25) is 10.1 Å². The summed E-state index contributed by atoms with van der Waals surface area (Å²) >= 11 is 0. The van der Waals surface area contributed by atoms with E-state index in [1.54, 1.807) is 0 Å².